The number of carbonyl (C=O) groups is 2. The molecule has 0 saturated carbocycles. The molecule has 0 aliphatic heterocycles. The van der Waals surface area contributed by atoms with Crippen LogP contribution in [-0.2, 0) is 11.2 Å². The number of benzene rings is 1. The van der Waals surface area contributed by atoms with Gasteiger partial charge in [0.1, 0.15) is 11.5 Å². The van der Waals surface area contributed by atoms with Crippen molar-refractivity contribution in [2.45, 2.75) is 33.2 Å². The van der Waals surface area contributed by atoms with Gasteiger partial charge in [-0.1, -0.05) is 11.2 Å². The van der Waals surface area contributed by atoms with E-state index in [2.05, 4.69) is 10.5 Å². The van der Waals surface area contributed by atoms with E-state index in [4.69, 9.17) is 14.4 Å². The van der Waals surface area contributed by atoms with Gasteiger partial charge in [0.2, 0.25) is 0 Å². The number of carbonyl (C=O) groups excluding carboxylic acids is 1. The summed E-state index contributed by atoms with van der Waals surface area (Å²) in [4.78, 5) is 22.8. The molecule has 0 aliphatic carbocycles. The van der Waals surface area contributed by atoms with Crippen LogP contribution in [0.1, 0.15) is 34.3 Å². The van der Waals surface area contributed by atoms with Crippen molar-refractivity contribution in [3.8, 4) is 5.75 Å². The molecular weight excluding hydrogens is 312 g/mol. The second-order valence-electron chi connectivity index (χ2n) is 5.59. The lowest BCUT2D eigenvalue weighted by molar-refractivity contribution is -0.139. The molecule has 1 unspecified atom stereocenters. The fourth-order valence-corrected chi connectivity index (χ4v) is 2.33. The lowest BCUT2D eigenvalue weighted by Crippen LogP contribution is -2.34. The Labute approximate surface area is 139 Å². The number of aryl methyl sites for hydroxylation is 2. The third kappa shape index (κ3) is 4.58. The van der Waals surface area contributed by atoms with E-state index in [-0.39, 0.29) is 11.9 Å². The molecule has 1 aromatic heterocycles. The minimum Gasteiger partial charge on any atom is -0.482 e. The van der Waals surface area contributed by atoms with E-state index in [1.165, 1.54) is 6.07 Å². The van der Waals surface area contributed by atoms with Crippen molar-refractivity contribution in [3.05, 3.63) is 46.8 Å². The first-order valence-corrected chi connectivity index (χ1v) is 7.54. The average molecular weight is 332 g/mol. The third-order valence-corrected chi connectivity index (χ3v) is 3.53. The highest BCUT2D eigenvalue weighted by atomic mass is 16.5. The number of hydrogen-bond donors (Lipinski definition) is 2. The highest BCUT2D eigenvalue weighted by molar-refractivity contribution is 5.94. The zero-order valence-corrected chi connectivity index (χ0v) is 13.8. The van der Waals surface area contributed by atoms with Crippen LogP contribution < -0.4 is 10.1 Å². The van der Waals surface area contributed by atoms with E-state index in [1.807, 2.05) is 20.8 Å². The van der Waals surface area contributed by atoms with Gasteiger partial charge in [0.25, 0.3) is 5.91 Å². The van der Waals surface area contributed by atoms with Crippen molar-refractivity contribution in [2.75, 3.05) is 6.61 Å². The SMILES string of the molecule is Cc1noc(C)c1CC(C)NC(=O)c1cccc(OCC(=O)O)c1. The Bertz CT molecular complexity index is 719. The van der Waals surface area contributed by atoms with Gasteiger partial charge in [0.15, 0.2) is 6.61 Å². The summed E-state index contributed by atoms with van der Waals surface area (Å²) in [5.41, 5.74) is 2.21. The summed E-state index contributed by atoms with van der Waals surface area (Å²) in [6.45, 7) is 5.15. The minimum absolute atomic E-state index is 0.113. The summed E-state index contributed by atoms with van der Waals surface area (Å²) in [5, 5.41) is 15.4. The molecule has 0 fully saturated rings. The van der Waals surface area contributed by atoms with E-state index in [9.17, 15) is 9.59 Å². The van der Waals surface area contributed by atoms with Gasteiger partial charge in [-0.05, 0) is 45.4 Å². The molecule has 1 aromatic carbocycles. The number of nitrogens with one attached hydrogen (secondary N) is 1. The Kier molecular flexibility index (Phi) is 5.57. The lowest BCUT2D eigenvalue weighted by atomic mass is 10.1. The van der Waals surface area contributed by atoms with Gasteiger partial charge in [-0.3, -0.25) is 4.79 Å². The van der Waals surface area contributed by atoms with Crippen LogP contribution in [0, 0.1) is 13.8 Å². The summed E-state index contributed by atoms with van der Waals surface area (Å²) in [6, 6.07) is 6.29. The van der Waals surface area contributed by atoms with Gasteiger partial charge in [-0.15, -0.1) is 0 Å². The van der Waals surface area contributed by atoms with E-state index in [0.717, 1.165) is 17.0 Å². The minimum atomic E-state index is -1.07. The monoisotopic (exact) mass is 332 g/mol. The number of aromatic nitrogens is 1. The third-order valence-electron chi connectivity index (χ3n) is 3.53. The topological polar surface area (TPSA) is 102 Å². The maximum absolute atomic E-state index is 12.3. The van der Waals surface area contributed by atoms with Crippen LogP contribution >= 0.6 is 0 Å². The first-order chi connectivity index (χ1) is 11.4. The standard InChI is InChI=1S/C17H20N2O5/c1-10(7-15-11(2)19-24-12(15)3)18-17(22)13-5-4-6-14(8-13)23-9-16(20)21/h4-6,8,10H,7,9H2,1-3H3,(H,18,22)(H,20,21). The lowest BCUT2D eigenvalue weighted by Gasteiger charge is -2.14. The van der Waals surface area contributed by atoms with Crippen LogP contribution in [0.4, 0.5) is 0 Å². The van der Waals surface area contributed by atoms with E-state index >= 15 is 0 Å². The number of carboxylic acid groups (broad SMARTS) is 1. The Morgan fingerprint density at radius 2 is 2.12 bits per heavy atom. The van der Waals surface area contributed by atoms with E-state index in [1.54, 1.807) is 18.2 Å². The normalized spacial score (nSPS) is 11.8. The van der Waals surface area contributed by atoms with Gasteiger partial charge in [0.05, 0.1) is 5.69 Å². The highest BCUT2D eigenvalue weighted by Gasteiger charge is 2.16. The van der Waals surface area contributed by atoms with Crippen LogP contribution in [0.15, 0.2) is 28.8 Å². The largest absolute Gasteiger partial charge is 0.482 e. The Morgan fingerprint density at radius 3 is 2.75 bits per heavy atom. The van der Waals surface area contributed by atoms with Crippen LogP contribution in [0.3, 0.4) is 0 Å². The van der Waals surface area contributed by atoms with Crippen molar-refractivity contribution >= 4 is 11.9 Å². The number of aliphatic carboxylic acids is 1. The number of rotatable bonds is 7. The summed E-state index contributed by atoms with van der Waals surface area (Å²) in [5.74, 6) is -0.242. The maximum Gasteiger partial charge on any atom is 0.341 e. The second-order valence-corrected chi connectivity index (χ2v) is 5.59. The molecule has 1 atom stereocenters. The molecule has 7 nitrogen and oxygen atoms in total. The molecule has 1 heterocycles. The van der Waals surface area contributed by atoms with Crippen LogP contribution in [0.2, 0.25) is 0 Å². The van der Waals surface area contributed by atoms with E-state index < -0.39 is 12.6 Å². The van der Waals surface area contributed by atoms with Crippen molar-refractivity contribution in [2.24, 2.45) is 0 Å². The summed E-state index contributed by atoms with van der Waals surface area (Å²) in [7, 11) is 0. The average Bonchev–Trinajstić information content (AvgIpc) is 2.85. The Hall–Kier alpha value is -2.83. The van der Waals surface area contributed by atoms with Crippen molar-refractivity contribution in [1.29, 1.82) is 0 Å². The molecular formula is C17H20N2O5. The number of nitrogens with zero attached hydrogens (tertiary/aromatic N) is 1. The smallest absolute Gasteiger partial charge is 0.341 e. The highest BCUT2D eigenvalue weighted by Crippen LogP contribution is 2.16. The maximum atomic E-state index is 12.3. The van der Waals surface area contributed by atoms with Crippen LogP contribution in [-0.4, -0.2) is 34.8 Å². The van der Waals surface area contributed by atoms with E-state index in [0.29, 0.717) is 17.7 Å². The summed E-state index contributed by atoms with van der Waals surface area (Å²) in [6.07, 6.45) is 0.613. The summed E-state index contributed by atoms with van der Waals surface area (Å²) >= 11 is 0. The molecule has 24 heavy (non-hydrogen) atoms. The predicted octanol–water partition coefficient (Wildman–Crippen LogP) is 2.12. The number of carboxylic acids is 1. The van der Waals surface area contributed by atoms with Crippen molar-refractivity contribution in [3.63, 3.8) is 0 Å². The first kappa shape index (κ1) is 17.5. The second kappa shape index (κ2) is 7.63. The molecule has 2 aromatic rings. The fourth-order valence-electron chi connectivity index (χ4n) is 2.33. The van der Waals surface area contributed by atoms with Gasteiger partial charge in [-0.25, -0.2) is 4.79 Å². The molecule has 2 N–H and O–H groups in total. The molecule has 0 aliphatic rings. The quantitative estimate of drug-likeness (QED) is 0.805. The van der Waals surface area contributed by atoms with Gasteiger partial charge < -0.3 is 19.7 Å². The number of amides is 1. The number of hydrogen-bond acceptors (Lipinski definition) is 5. The molecule has 7 heteroatoms. The zero-order chi connectivity index (χ0) is 17.7. The molecule has 0 bridgehead atoms. The Balaban J connectivity index is 1.98. The molecule has 128 valence electrons. The van der Waals surface area contributed by atoms with Gasteiger partial charge >= 0.3 is 5.97 Å². The molecule has 0 saturated heterocycles. The van der Waals surface area contributed by atoms with Crippen molar-refractivity contribution in [1.82, 2.24) is 10.5 Å². The van der Waals surface area contributed by atoms with Crippen LogP contribution in [0.5, 0.6) is 5.75 Å². The molecule has 0 radical (unpaired) electrons. The Morgan fingerprint density at radius 1 is 1.38 bits per heavy atom. The summed E-state index contributed by atoms with van der Waals surface area (Å²) < 4.78 is 10.2. The van der Waals surface area contributed by atoms with Gasteiger partial charge in [0, 0.05) is 17.2 Å². The first-order valence-electron chi connectivity index (χ1n) is 7.54. The molecule has 0 spiro atoms. The fraction of sp³-hybridized carbons (Fsp3) is 0.353. The predicted molar refractivity (Wildman–Crippen MR) is 86.2 cm³/mol. The molecule has 1 amide bonds. The number of ether oxygens (including phenoxy) is 1. The zero-order valence-electron chi connectivity index (χ0n) is 13.8. The van der Waals surface area contributed by atoms with Gasteiger partial charge in [-0.2, -0.15) is 0 Å². The molecule has 2 rings (SSSR count). The van der Waals surface area contributed by atoms with Crippen LogP contribution in [0.25, 0.3) is 0 Å². The van der Waals surface area contributed by atoms with Crippen molar-refractivity contribution < 1.29 is 24.0 Å².